The van der Waals surface area contributed by atoms with Crippen molar-refractivity contribution in [2.75, 3.05) is 6.54 Å². The summed E-state index contributed by atoms with van der Waals surface area (Å²) in [5.41, 5.74) is 4.16. The largest absolute Gasteiger partial charge is 0.412 e. The fourth-order valence-corrected chi connectivity index (χ4v) is 4.29. The summed E-state index contributed by atoms with van der Waals surface area (Å²) < 4.78 is 0. The van der Waals surface area contributed by atoms with Crippen molar-refractivity contribution in [3.8, 4) is 10.6 Å². The van der Waals surface area contributed by atoms with Gasteiger partial charge in [-0.05, 0) is 46.2 Å². The van der Waals surface area contributed by atoms with E-state index in [1.165, 1.54) is 4.88 Å². The van der Waals surface area contributed by atoms with Crippen molar-refractivity contribution in [1.82, 2.24) is 25.3 Å². The SMILES string of the molecule is Cc1nc(C)c(-c2cc3nc(C4CCNC(C)C4)ncc3[nH]2)s1.Cl.O. The van der Waals surface area contributed by atoms with Gasteiger partial charge in [0, 0.05) is 12.0 Å². The molecule has 0 amide bonds. The first kappa shape index (κ1) is 19.8. The van der Waals surface area contributed by atoms with Crippen LogP contribution in [0.4, 0.5) is 0 Å². The maximum absolute atomic E-state index is 4.83. The molecular formula is C17H24ClN5OS. The number of thiazole rings is 1. The van der Waals surface area contributed by atoms with Gasteiger partial charge in [0.05, 0.1) is 38.5 Å². The van der Waals surface area contributed by atoms with Gasteiger partial charge in [0.2, 0.25) is 0 Å². The van der Waals surface area contributed by atoms with Crippen molar-refractivity contribution in [2.24, 2.45) is 0 Å². The Labute approximate surface area is 157 Å². The summed E-state index contributed by atoms with van der Waals surface area (Å²) in [4.78, 5) is 18.6. The molecule has 0 aromatic carbocycles. The number of hydrogen-bond donors (Lipinski definition) is 2. The molecular weight excluding hydrogens is 358 g/mol. The Balaban J connectivity index is 0.00000113. The Morgan fingerprint density at radius 1 is 1.24 bits per heavy atom. The molecule has 1 saturated heterocycles. The molecule has 25 heavy (non-hydrogen) atoms. The van der Waals surface area contributed by atoms with E-state index in [1.54, 1.807) is 11.3 Å². The predicted molar refractivity (Wildman–Crippen MR) is 105 cm³/mol. The molecule has 2 unspecified atom stereocenters. The molecule has 3 aromatic rings. The first-order valence-electron chi connectivity index (χ1n) is 8.13. The molecule has 136 valence electrons. The van der Waals surface area contributed by atoms with Gasteiger partial charge in [0.25, 0.3) is 0 Å². The molecule has 1 aliphatic rings. The topological polar surface area (TPSA) is 98.0 Å². The summed E-state index contributed by atoms with van der Waals surface area (Å²) >= 11 is 1.72. The molecule has 1 aliphatic heterocycles. The molecule has 4 rings (SSSR count). The van der Waals surface area contributed by atoms with Crippen molar-refractivity contribution in [3.63, 3.8) is 0 Å². The van der Waals surface area contributed by atoms with Crippen LogP contribution in [-0.4, -0.2) is 38.0 Å². The Morgan fingerprint density at radius 3 is 2.72 bits per heavy atom. The maximum atomic E-state index is 4.83. The van der Waals surface area contributed by atoms with E-state index in [1.807, 2.05) is 13.1 Å². The molecule has 8 heteroatoms. The van der Waals surface area contributed by atoms with Gasteiger partial charge >= 0.3 is 0 Å². The number of fused-ring (bicyclic) bond motifs is 1. The lowest BCUT2D eigenvalue weighted by Crippen LogP contribution is -2.35. The number of aryl methyl sites for hydroxylation is 2. The molecule has 2 atom stereocenters. The molecule has 0 radical (unpaired) electrons. The van der Waals surface area contributed by atoms with Gasteiger partial charge < -0.3 is 15.8 Å². The second kappa shape index (κ2) is 7.78. The summed E-state index contributed by atoms with van der Waals surface area (Å²) in [6, 6.07) is 2.67. The molecule has 0 spiro atoms. The zero-order valence-corrected chi connectivity index (χ0v) is 16.2. The summed E-state index contributed by atoms with van der Waals surface area (Å²) in [5, 5.41) is 4.58. The molecule has 4 heterocycles. The van der Waals surface area contributed by atoms with E-state index < -0.39 is 0 Å². The minimum absolute atomic E-state index is 0. The van der Waals surface area contributed by atoms with Gasteiger partial charge in [-0.3, -0.25) is 0 Å². The van der Waals surface area contributed by atoms with Crippen LogP contribution in [0.15, 0.2) is 12.3 Å². The minimum atomic E-state index is 0. The standard InChI is InChI=1S/C17H21N5S.ClH.H2O/c1-9-6-12(4-5-18-9)17-19-8-15-13(22-17)7-14(21-15)16-10(2)20-11(3)23-16;;/h7-9,12,18,21H,4-6H2,1-3H3;1H;1H2. The van der Waals surface area contributed by atoms with Crippen molar-refractivity contribution in [2.45, 2.75) is 45.6 Å². The van der Waals surface area contributed by atoms with Crippen LogP contribution in [0.1, 0.15) is 42.2 Å². The summed E-state index contributed by atoms with van der Waals surface area (Å²) in [6.07, 6.45) is 4.15. The number of halogens is 1. The number of rotatable bonds is 2. The van der Waals surface area contributed by atoms with Crippen LogP contribution < -0.4 is 5.32 Å². The number of nitrogens with zero attached hydrogens (tertiary/aromatic N) is 3. The zero-order chi connectivity index (χ0) is 16.0. The second-order valence-corrected chi connectivity index (χ2v) is 7.64. The van der Waals surface area contributed by atoms with Gasteiger partial charge in [-0.15, -0.1) is 23.7 Å². The second-order valence-electron chi connectivity index (χ2n) is 6.43. The van der Waals surface area contributed by atoms with E-state index in [-0.39, 0.29) is 17.9 Å². The van der Waals surface area contributed by atoms with Gasteiger partial charge in [0.1, 0.15) is 5.82 Å². The fourth-order valence-electron chi connectivity index (χ4n) is 3.40. The first-order valence-corrected chi connectivity index (χ1v) is 8.95. The highest BCUT2D eigenvalue weighted by molar-refractivity contribution is 7.15. The quantitative estimate of drug-likeness (QED) is 0.712. The number of aromatic nitrogens is 4. The molecule has 6 nitrogen and oxygen atoms in total. The number of nitrogens with one attached hydrogen (secondary N) is 2. The van der Waals surface area contributed by atoms with Gasteiger partial charge in [-0.25, -0.2) is 15.0 Å². The minimum Gasteiger partial charge on any atom is -0.412 e. The summed E-state index contributed by atoms with van der Waals surface area (Å²) in [5.74, 6) is 1.44. The third-order valence-corrected chi connectivity index (χ3v) is 5.63. The number of hydrogen-bond acceptors (Lipinski definition) is 5. The van der Waals surface area contributed by atoms with E-state index in [9.17, 15) is 0 Å². The lowest BCUT2D eigenvalue weighted by Gasteiger charge is -2.26. The number of piperidine rings is 1. The van der Waals surface area contributed by atoms with Crippen molar-refractivity contribution < 1.29 is 5.48 Å². The normalized spacial score (nSPS) is 20.1. The van der Waals surface area contributed by atoms with Gasteiger partial charge in [0.15, 0.2) is 0 Å². The average molecular weight is 382 g/mol. The molecule has 3 aromatic heterocycles. The van der Waals surface area contributed by atoms with Crippen LogP contribution in [0, 0.1) is 13.8 Å². The third-order valence-electron chi connectivity index (χ3n) is 4.52. The zero-order valence-electron chi connectivity index (χ0n) is 14.6. The maximum Gasteiger partial charge on any atom is 0.132 e. The molecule has 4 N–H and O–H groups in total. The lowest BCUT2D eigenvalue weighted by molar-refractivity contribution is 0.371. The van der Waals surface area contributed by atoms with E-state index in [0.29, 0.717) is 12.0 Å². The number of H-pyrrole nitrogens is 1. The third kappa shape index (κ3) is 3.84. The van der Waals surface area contributed by atoms with Crippen molar-refractivity contribution in [3.05, 3.63) is 28.8 Å². The van der Waals surface area contributed by atoms with Crippen LogP contribution in [-0.2, 0) is 0 Å². The van der Waals surface area contributed by atoms with Crippen LogP contribution in [0.25, 0.3) is 21.6 Å². The highest BCUT2D eigenvalue weighted by Crippen LogP contribution is 2.32. The fraction of sp³-hybridized carbons (Fsp3) is 0.471. The molecule has 0 aliphatic carbocycles. The highest BCUT2D eigenvalue weighted by atomic mass is 35.5. The van der Waals surface area contributed by atoms with Crippen LogP contribution in [0.5, 0.6) is 0 Å². The smallest absolute Gasteiger partial charge is 0.132 e. The van der Waals surface area contributed by atoms with Crippen LogP contribution in [0.2, 0.25) is 0 Å². The van der Waals surface area contributed by atoms with Gasteiger partial charge in [-0.2, -0.15) is 0 Å². The lowest BCUT2D eigenvalue weighted by atomic mass is 9.92. The van der Waals surface area contributed by atoms with Crippen molar-refractivity contribution in [1.29, 1.82) is 0 Å². The molecule has 0 bridgehead atoms. The molecule has 0 saturated carbocycles. The average Bonchev–Trinajstić information content (AvgIpc) is 3.09. The predicted octanol–water partition coefficient (Wildman–Crippen LogP) is 3.15. The Kier molecular flexibility index (Phi) is 6.16. The monoisotopic (exact) mass is 381 g/mol. The Bertz CT molecular complexity index is 862. The van der Waals surface area contributed by atoms with Crippen LogP contribution in [0.3, 0.4) is 0 Å². The summed E-state index contributed by atoms with van der Waals surface area (Å²) in [6.45, 7) is 7.37. The highest BCUT2D eigenvalue weighted by Gasteiger charge is 2.22. The summed E-state index contributed by atoms with van der Waals surface area (Å²) in [7, 11) is 0. The van der Waals surface area contributed by atoms with Crippen LogP contribution >= 0.6 is 23.7 Å². The Hall–Kier alpha value is -1.54. The Morgan fingerprint density at radius 2 is 2.04 bits per heavy atom. The van der Waals surface area contributed by atoms with E-state index in [4.69, 9.17) is 4.98 Å². The van der Waals surface area contributed by atoms with E-state index >= 15 is 0 Å². The molecule has 1 fully saturated rings. The van der Waals surface area contributed by atoms with E-state index in [0.717, 1.165) is 52.6 Å². The number of aromatic amines is 1. The first-order chi connectivity index (χ1) is 11.1. The van der Waals surface area contributed by atoms with Gasteiger partial charge in [-0.1, -0.05) is 0 Å². The van der Waals surface area contributed by atoms with Crippen molar-refractivity contribution >= 4 is 34.8 Å². The van der Waals surface area contributed by atoms with E-state index in [2.05, 4.69) is 40.2 Å².